The third-order valence-electron chi connectivity index (χ3n) is 3.69. The predicted molar refractivity (Wildman–Crippen MR) is 97.4 cm³/mol. The lowest BCUT2D eigenvalue weighted by Gasteiger charge is -2.17. The van der Waals surface area contributed by atoms with Gasteiger partial charge in [-0.15, -0.1) is 0 Å². The molecule has 2 rings (SSSR count). The molecular weight excluding hydrogens is 356 g/mol. The minimum Gasteiger partial charge on any atom is -0.452 e. The number of hydrogen-bond donors (Lipinski definition) is 0. The Hall–Kier alpha value is -2.71. The van der Waals surface area contributed by atoms with Crippen LogP contribution in [0, 0.1) is 0 Å². The Kier molecular flexibility index (Phi) is 6.12. The first kappa shape index (κ1) is 19.6. The van der Waals surface area contributed by atoms with Gasteiger partial charge in [-0.05, 0) is 30.3 Å². The summed E-state index contributed by atoms with van der Waals surface area (Å²) in [5, 5.41) is 0. The highest BCUT2D eigenvalue weighted by Crippen LogP contribution is 2.16. The number of rotatable bonds is 6. The van der Waals surface area contributed by atoms with Gasteiger partial charge in [-0.1, -0.05) is 24.3 Å². The van der Waals surface area contributed by atoms with E-state index in [0.29, 0.717) is 5.69 Å². The number of carbonyl (C=O) groups is 2. The molecule has 0 aromatic heterocycles. The summed E-state index contributed by atoms with van der Waals surface area (Å²) in [5.74, 6) is -1.17. The Labute approximate surface area is 152 Å². The first-order chi connectivity index (χ1) is 12.2. The summed E-state index contributed by atoms with van der Waals surface area (Å²) in [5.41, 5.74) is 0.732. The van der Waals surface area contributed by atoms with Crippen molar-refractivity contribution < 1.29 is 22.7 Å². The van der Waals surface area contributed by atoms with E-state index in [-0.39, 0.29) is 10.5 Å². The molecule has 0 radical (unpaired) electrons. The zero-order chi connectivity index (χ0) is 19.3. The SMILES string of the molecule is CN(C(=O)COC(=O)c1cccc(S(=O)(=O)N(C)C)c1)c1ccccc1. The summed E-state index contributed by atoms with van der Waals surface area (Å²) < 4.78 is 30.3. The minimum absolute atomic E-state index is 0.0234. The van der Waals surface area contributed by atoms with Gasteiger partial charge in [0.1, 0.15) is 0 Å². The summed E-state index contributed by atoms with van der Waals surface area (Å²) in [6.45, 7) is -0.450. The summed E-state index contributed by atoms with van der Waals surface area (Å²) in [6.07, 6.45) is 0. The van der Waals surface area contributed by atoms with Gasteiger partial charge in [0, 0.05) is 26.8 Å². The van der Waals surface area contributed by atoms with E-state index < -0.39 is 28.5 Å². The summed E-state index contributed by atoms with van der Waals surface area (Å²) >= 11 is 0. The monoisotopic (exact) mass is 376 g/mol. The van der Waals surface area contributed by atoms with Crippen molar-refractivity contribution in [3.05, 3.63) is 60.2 Å². The maximum absolute atomic E-state index is 12.2. The smallest absolute Gasteiger partial charge is 0.338 e. The molecule has 138 valence electrons. The fraction of sp³-hybridized carbons (Fsp3) is 0.222. The molecule has 0 saturated heterocycles. The van der Waals surface area contributed by atoms with Crippen LogP contribution in [0.15, 0.2) is 59.5 Å². The van der Waals surface area contributed by atoms with E-state index in [1.807, 2.05) is 6.07 Å². The largest absolute Gasteiger partial charge is 0.452 e. The second-order valence-corrected chi connectivity index (χ2v) is 7.83. The molecule has 7 nitrogen and oxygen atoms in total. The van der Waals surface area contributed by atoms with Gasteiger partial charge < -0.3 is 9.64 Å². The number of para-hydroxylation sites is 1. The van der Waals surface area contributed by atoms with Crippen LogP contribution in [0.2, 0.25) is 0 Å². The average Bonchev–Trinajstić information content (AvgIpc) is 2.65. The van der Waals surface area contributed by atoms with Crippen LogP contribution in [0.1, 0.15) is 10.4 Å². The summed E-state index contributed by atoms with van der Waals surface area (Å²) in [7, 11) is 0.718. The fourth-order valence-corrected chi connectivity index (χ4v) is 3.05. The van der Waals surface area contributed by atoms with Crippen LogP contribution in [-0.4, -0.2) is 52.3 Å². The van der Waals surface area contributed by atoms with Crippen LogP contribution in [-0.2, 0) is 19.6 Å². The number of ether oxygens (including phenoxy) is 1. The van der Waals surface area contributed by atoms with E-state index in [1.54, 1.807) is 31.3 Å². The van der Waals surface area contributed by atoms with Crippen LogP contribution >= 0.6 is 0 Å². The summed E-state index contributed by atoms with van der Waals surface area (Å²) in [4.78, 5) is 25.6. The Balaban J connectivity index is 2.06. The van der Waals surface area contributed by atoms with E-state index in [1.165, 1.54) is 43.3 Å². The van der Waals surface area contributed by atoms with E-state index in [9.17, 15) is 18.0 Å². The van der Waals surface area contributed by atoms with Gasteiger partial charge in [0.25, 0.3) is 5.91 Å². The van der Waals surface area contributed by atoms with Gasteiger partial charge in [0.15, 0.2) is 6.61 Å². The first-order valence-corrected chi connectivity index (χ1v) is 9.19. The third-order valence-corrected chi connectivity index (χ3v) is 5.50. The van der Waals surface area contributed by atoms with Crippen molar-refractivity contribution in [3.8, 4) is 0 Å². The molecule has 0 spiro atoms. The lowest BCUT2D eigenvalue weighted by Crippen LogP contribution is -2.31. The quantitative estimate of drug-likeness (QED) is 0.717. The van der Waals surface area contributed by atoms with E-state index >= 15 is 0 Å². The Morgan fingerprint density at radius 1 is 0.962 bits per heavy atom. The zero-order valence-corrected chi connectivity index (χ0v) is 15.6. The second-order valence-electron chi connectivity index (χ2n) is 5.68. The topological polar surface area (TPSA) is 84.0 Å². The highest BCUT2D eigenvalue weighted by atomic mass is 32.2. The maximum Gasteiger partial charge on any atom is 0.338 e. The van der Waals surface area contributed by atoms with Crippen LogP contribution < -0.4 is 4.90 Å². The number of likely N-dealkylation sites (N-methyl/N-ethyl adjacent to an activating group) is 1. The van der Waals surface area contributed by atoms with Gasteiger partial charge in [0.05, 0.1) is 10.5 Å². The number of hydrogen-bond acceptors (Lipinski definition) is 5. The van der Waals surface area contributed by atoms with Gasteiger partial charge in [0.2, 0.25) is 10.0 Å². The Bertz CT molecular complexity index is 895. The normalized spacial score (nSPS) is 11.2. The highest BCUT2D eigenvalue weighted by Gasteiger charge is 2.20. The van der Waals surface area contributed by atoms with Crippen molar-refractivity contribution in [1.82, 2.24) is 4.31 Å². The molecule has 8 heteroatoms. The fourth-order valence-electron chi connectivity index (χ4n) is 2.10. The molecule has 0 aliphatic heterocycles. The van der Waals surface area contributed by atoms with Gasteiger partial charge in [-0.2, -0.15) is 0 Å². The Morgan fingerprint density at radius 3 is 2.23 bits per heavy atom. The van der Waals surface area contributed by atoms with Crippen molar-refractivity contribution in [3.63, 3.8) is 0 Å². The molecule has 0 fully saturated rings. The van der Waals surface area contributed by atoms with Gasteiger partial charge in [-0.25, -0.2) is 17.5 Å². The van der Waals surface area contributed by atoms with Crippen LogP contribution in [0.4, 0.5) is 5.69 Å². The van der Waals surface area contributed by atoms with Crippen molar-refractivity contribution >= 4 is 27.6 Å². The van der Waals surface area contributed by atoms with Crippen LogP contribution in [0.5, 0.6) is 0 Å². The minimum atomic E-state index is -3.66. The van der Waals surface area contributed by atoms with Crippen molar-refractivity contribution in [1.29, 1.82) is 0 Å². The number of esters is 1. The van der Waals surface area contributed by atoms with E-state index in [2.05, 4.69) is 0 Å². The molecule has 0 saturated carbocycles. The maximum atomic E-state index is 12.2. The molecule has 1 amide bonds. The molecule has 0 heterocycles. The molecule has 0 aliphatic rings. The Morgan fingerprint density at radius 2 is 1.62 bits per heavy atom. The molecule has 0 atom stereocenters. The highest BCUT2D eigenvalue weighted by molar-refractivity contribution is 7.89. The van der Waals surface area contributed by atoms with Gasteiger partial charge >= 0.3 is 5.97 Å². The average molecular weight is 376 g/mol. The van der Waals surface area contributed by atoms with Crippen LogP contribution in [0.3, 0.4) is 0 Å². The molecule has 0 bridgehead atoms. The van der Waals surface area contributed by atoms with Crippen molar-refractivity contribution in [2.75, 3.05) is 32.6 Å². The van der Waals surface area contributed by atoms with Gasteiger partial charge in [-0.3, -0.25) is 4.79 Å². The zero-order valence-electron chi connectivity index (χ0n) is 14.7. The third kappa shape index (κ3) is 4.47. The molecule has 2 aromatic rings. The molecular formula is C18H20N2O5S. The second kappa shape index (κ2) is 8.11. The van der Waals surface area contributed by atoms with Crippen molar-refractivity contribution in [2.24, 2.45) is 0 Å². The lowest BCUT2D eigenvalue weighted by molar-refractivity contribution is -0.121. The number of nitrogens with zero attached hydrogens (tertiary/aromatic N) is 2. The van der Waals surface area contributed by atoms with Crippen LogP contribution in [0.25, 0.3) is 0 Å². The van der Waals surface area contributed by atoms with E-state index in [4.69, 9.17) is 4.74 Å². The molecule has 0 aliphatic carbocycles. The first-order valence-electron chi connectivity index (χ1n) is 7.75. The summed E-state index contributed by atoms with van der Waals surface area (Å²) in [6, 6.07) is 14.4. The molecule has 0 N–H and O–H groups in total. The molecule has 26 heavy (non-hydrogen) atoms. The van der Waals surface area contributed by atoms with Crippen molar-refractivity contribution in [2.45, 2.75) is 4.90 Å². The van der Waals surface area contributed by atoms with E-state index in [0.717, 1.165) is 4.31 Å². The predicted octanol–water partition coefficient (Wildman–Crippen LogP) is 1.76. The lowest BCUT2D eigenvalue weighted by atomic mass is 10.2. The molecule has 0 unspecified atom stereocenters. The number of sulfonamides is 1. The number of amides is 1. The number of anilines is 1. The molecule has 2 aromatic carbocycles. The standard InChI is InChI=1S/C18H20N2O5S/c1-19(2)26(23,24)16-11-7-8-14(12-16)18(22)25-13-17(21)20(3)15-9-5-4-6-10-15/h4-12H,13H2,1-3H3. The number of benzene rings is 2. The number of carbonyl (C=O) groups excluding carboxylic acids is 2.